The van der Waals surface area contributed by atoms with E-state index in [1.807, 2.05) is 0 Å². The van der Waals surface area contributed by atoms with Crippen LogP contribution in [0.25, 0.3) is 0 Å². The molecular formula is C28H20F3N3O4. The molecular weight excluding hydrogens is 499 g/mol. The van der Waals surface area contributed by atoms with Crippen LogP contribution in [0, 0.1) is 11.8 Å². The number of Topliss-reactive ketones (excluding diaryl/α,β-unsaturated/α-hetero) is 1. The third-order valence-electron chi connectivity index (χ3n) is 7.39. The van der Waals surface area contributed by atoms with Crippen LogP contribution in [0.15, 0.2) is 77.9 Å². The average Bonchev–Trinajstić information content (AvgIpc) is 3.40. The van der Waals surface area contributed by atoms with E-state index in [0.717, 1.165) is 12.1 Å². The standard InChI is InChI=1S/C28H20F3N3O4/c1-38-17-12-10-15(11-13-17)25(35)24-22-21(23-18-7-3-2-6-16(18)14-32-34(23)24)26(36)33(27(22)37)20-9-5-4-8-19(20)28(29,30)31/h2-14,21-24H,1H3/t21-,22+,23?,24-/m1/s1. The van der Waals surface area contributed by atoms with Crippen molar-refractivity contribution in [2.24, 2.45) is 16.9 Å². The number of amides is 2. The molecule has 3 heterocycles. The normalized spacial score (nSPS) is 23.8. The van der Waals surface area contributed by atoms with Crippen molar-refractivity contribution in [3.8, 4) is 5.75 Å². The van der Waals surface area contributed by atoms with Gasteiger partial charge in [0.15, 0.2) is 5.78 Å². The predicted molar refractivity (Wildman–Crippen MR) is 131 cm³/mol. The van der Waals surface area contributed by atoms with Gasteiger partial charge in [-0.15, -0.1) is 0 Å². The van der Waals surface area contributed by atoms with Crippen LogP contribution in [0.4, 0.5) is 18.9 Å². The Morgan fingerprint density at radius 3 is 2.26 bits per heavy atom. The van der Waals surface area contributed by atoms with Crippen molar-refractivity contribution in [1.82, 2.24) is 5.01 Å². The van der Waals surface area contributed by atoms with Crippen LogP contribution in [0.5, 0.6) is 5.75 Å². The molecule has 0 aliphatic carbocycles. The maximum Gasteiger partial charge on any atom is 0.418 e. The van der Waals surface area contributed by atoms with Crippen molar-refractivity contribution < 1.29 is 32.3 Å². The Labute approximate surface area is 215 Å². The number of hydrogen-bond acceptors (Lipinski definition) is 6. The van der Waals surface area contributed by atoms with Gasteiger partial charge in [-0.05, 0) is 47.5 Å². The van der Waals surface area contributed by atoms with E-state index >= 15 is 0 Å². The Kier molecular flexibility index (Phi) is 5.37. The van der Waals surface area contributed by atoms with Crippen LogP contribution in [0.3, 0.4) is 0 Å². The second-order valence-corrected chi connectivity index (χ2v) is 9.31. The summed E-state index contributed by atoms with van der Waals surface area (Å²) in [5.41, 5.74) is 0.00513. The van der Waals surface area contributed by atoms with Crippen LogP contribution in [-0.4, -0.2) is 42.0 Å². The molecule has 192 valence electrons. The number of para-hydroxylation sites is 1. The van der Waals surface area contributed by atoms with E-state index in [-0.39, 0.29) is 5.56 Å². The number of nitrogens with zero attached hydrogens (tertiary/aromatic N) is 3. The number of methoxy groups -OCH3 is 1. The average molecular weight is 519 g/mol. The topological polar surface area (TPSA) is 79.3 Å². The number of imide groups is 1. The second-order valence-electron chi connectivity index (χ2n) is 9.31. The Bertz CT molecular complexity index is 1500. The van der Waals surface area contributed by atoms with E-state index in [9.17, 15) is 27.6 Å². The van der Waals surface area contributed by atoms with Gasteiger partial charge in [0, 0.05) is 5.56 Å². The lowest BCUT2D eigenvalue weighted by Gasteiger charge is -2.34. The Balaban J connectivity index is 1.50. The minimum absolute atomic E-state index is 0.263. The molecule has 0 bridgehead atoms. The largest absolute Gasteiger partial charge is 0.497 e. The first-order valence-electron chi connectivity index (χ1n) is 11.9. The first kappa shape index (κ1) is 23.9. The molecule has 3 aliphatic heterocycles. The Hall–Kier alpha value is -4.47. The molecule has 2 fully saturated rings. The molecule has 2 amide bonds. The minimum Gasteiger partial charge on any atom is -0.497 e. The number of halogens is 3. The molecule has 1 unspecified atom stereocenters. The quantitative estimate of drug-likeness (QED) is 0.375. The molecule has 3 aromatic rings. The van der Waals surface area contributed by atoms with Gasteiger partial charge in [-0.1, -0.05) is 36.4 Å². The minimum atomic E-state index is -4.79. The number of anilines is 1. The highest BCUT2D eigenvalue weighted by Gasteiger charge is 2.65. The number of carbonyl (C=O) groups excluding carboxylic acids is 3. The van der Waals surface area contributed by atoms with Crippen molar-refractivity contribution in [3.05, 3.63) is 95.1 Å². The molecule has 4 atom stereocenters. The van der Waals surface area contributed by atoms with Crippen LogP contribution in [-0.2, 0) is 15.8 Å². The summed E-state index contributed by atoms with van der Waals surface area (Å²) in [5.74, 6) is -3.92. The van der Waals surface area contributed by atoms with Gasteiger partial charge >= 0.3 is 6.18 Å². The zero-order chi connectivity index (χ0) is 26.8. The first-order valence-corrected chi connectivity index (χ1v) is 11.9. The van der Waals surface area contributed by atoms with E-state index in [1.165, 1.54) is 24.3 Å². The molecule has 2 saturated heterocycles. The lowest BCUT2D eigenvalue weighted by molar-refractivity contribution is -0.137. The van der Waals surface area contributed by atoms with Gasteiger partial charge in [-0.3, -0.25) is 19.4 Å². The van der Waals surface area contributed by atoms with E-state index in [2.05, 4.69) is 5.10 Å². The Morgan fingerprint density at radius 1 is 0.895 bits per heavy atom. The summed E-state index contributed by atoms with van der Waals surface area (Å²) in [6.07, 6.45) is -3.23. The third-order valence-corrected chi connectivity index (χ3v) is 7.39. The number of carbonyl (C=O) groups is 3. The molecule has 0 aromatic heterocycles. The first-order chi connectivity index (χ1) is 18.2. The molecule has 6 rings (SSSR count). The number of fused-ring (bicyclic) bond motifs is 5. The lowest BCUT2D eigenvalue weighted by Crippen LogP contribution is -2.45. The summed E-state index contributed by atoms with van der Waals surface area (Å²) in [6.45, 7) is 0. The van der Waals surface area contributed by atoms with E-state index < -0.39 is 58.9 Å². The third kappa shape index (κ3) is 3.43. The number of alkyl halides is 3. The van der Waals surface area contributed by atoms with Gasteiger partial charge < -0.3 is 4.74 Å². The lowest BCUT2D eigenvalue weighted by atomic mass is 9.83. The number of benzene rings is 3. The molecule has 0 N–H and O–H groups in total. The highest BCUT2D eigenvalue weighted by Crippen LogP contribution is 2.54. The molecule has 0 spiro atoms. The molecule has 0 radical (unpaired) electrons. The fourth-order valence-electron chi connectivity index (χ4n) is 5.74. The highest BCUT2D eigenvalue weighted by molar-refractivity contribution is 6.25. The van der Waals surface area contributed by atoms with Crippen molar-refractivity contribution in [2.45, 2.75) is 18.3 Å². The fraction of sp³-hybridized carbons (Fsp3) is 0.214. The van der Waals surface area contributed by atoms with Gasteiger partial charge in [-0.2, -0.15) is 18.3 Å². The number of hydrogen-bond donors (Lipinski definition) is 0. The summed E-state index contributed by atoms with van der Waals surface area (Å²) in [5, 5.41) is 5.93. The van der Waals surface area contributed by atoms with Gasteiger partial charge in [0.25, 0.3) is 0 Å². The number of ether oxygens (including phenoxy) is 1. The molecule has 0 saturated carbocycles. The number of ketones is 1. The predicted octanol–water partition coefficient (Wildman–Crippen LogP) is 4.48. The SMILES string of the molecule is COc1ccc(C(=O)[C@H]2[C@H]3C(=O)N(c4ccccc4C(F)(F)F)C(=O)[C@H]3C3c4ccccc4C=NN32)cc1. The monoisotopic (exact) mass is 519 g/mol. The van der Waals surface area contributed by atoms with E-state index in [1.54, 1.807) is 54.7 Å². The Morgan fingerprint density at radius 2 is 1.55 bits per heavy atom. The van der Waals surface area contributed by atoms with Crippen molar-refractivity contribution >= 4 is 29.5 Å². The van der Waals surface area contributed by atoms with E-state index in [0.29, 0.717) is 21.8 Å². The summed E-state index contributed by atoms with van der Waals surface area (Å²) >= 11 is 0. The summed E-state index contributed by atoms with van der Waals surface area (Å²) in [4.78, 5) is 42.2. The molecule has 38 heavy (non-hydrogen) atoms. The maximum absolute atomic E-state index is 13.9. The van der Waals surface area contributed by atoms with Gasteiger partial charge in [0.05, 0.1) is 42.5 Å². The summed E-state index contributed by atoms with van der Waals surface area (Å²) in [6, 6.07) is 15.9. The van der Waals surface area contributed by atoms with Crippen molar-refractivity contribution in [3.63, 3.8) is 0 Å². The summed E-state index contributed by atoms with van der Waals surface area (Å²) in [7, 11) is 1.49. The van der Waals surface area contributed by atoms with Crippen LogP contribution < -0.4 is 9.64 Å². The van der Waals surface area contributed by atoms with Crippen molar-refractivity contribution in [2.75, 3.05) is 12.0 Å². The summed E-state index contributed by atoms with van der Waals surface area (Å²) < 4.78 is 46.7. The van der Waals surface area contributed by atoms with Crippen LogP contribution >= 0.6 is 0 Å². The number of rotatable bonds is 4. The zero-order valence-electron chi connectivity index (χ0n) is 19.9. The molecule has 7 nitrogen and oxygen atoms in total. The highest BCUT2D eigenvalue weighted by atomic mass is 19.4. The fourth-order valence-corrected chi connectivity index (χ4v) is 5.74. The molecule has 3 aromatic carbocycles. The number of hydrazone groups is 1. The maximum atomic E-state index is 13.9. The van der Waals surface area contributed by atoms with Gasteiger partial charge in [-0.25, -0.2) is 4.90 Å². The van der Waals surface area contributed by atoms with Gasteiger partial charge in [0.2, 0.25) is 11.8 Å². The van der Waals surface area contributed by atoms with Crippen LogP contribution in [0.2, 0.25) is 0 Å². The van der Waals surface area contributed by atoms with Crippen molar-refractivity contribution in [1.29, 1.82) is 0 Å². The molecule has 3 aliphatic rings. The zero-order valence-corrected chi connectivity index (χ0v) is 19.9. The second kappa shape index (κ2) is 8.54. The van der Waals surface area contributed by atoms with Gasteiger partial charge in [0.1, 0.15) is 11.8 Å². The molecule has 10 heteroatoms. The van der Waals surface area contributed by atoms with Crippen LogP contribution in [0.1, 0.15) is 33.1 Å². The van der Waals surface area contributed by atoms with E-state index in [4.69, 9.17) is 4.74 Å². The smallest absolute Gasteiger partial charge is 0.418 e.